The van der Waals surface area contributed by atoms with Crippen LogP contribution >= 0.6 is 0 Å². The first-order valence-corrected chi connectivity index (χ1v) is 7.58. The molecular weight excluding hydrogens is 264 g/mol. The Kier molecular flexibility index (Phi) is 3.49. The van der Waals surface area contributed by atoms with Crippen molar-refractivity contribution in [2.24, 2.45) is 0 Å². The fraction of sp³-hybridized carbons (Fsp3) is 0.471. The van der Waals surface area contributed by atoms with Crippen LogP contribution in [-0.4, -0.2) is 28.1 Å². The predicted octanol–water partition coefficient (Wildman–Crippen LogP) is 2.55. The summed E-state index contributed by atoms with van der Waals surface area (Å²) in [6, 6.07) is 5.78. The van der Waals surface area contributed by atoms with Crippen molar-refractivity contribution in [2.75, 3.05) is 6.54 Å². The van der Waals surface area contributed by atoms with Gasteiger partial charge in [0.2, 0.25) is 0 Å². The Bertz CT molecular complexity index is 680. The van der Waals surface area contributed by atoms with Crippen LogP contribution in [0.5, 0.6) is 0 Å². The molecule has 0 spiro atoms. The molecule has 3 rings (SSSR count). The highest BCUT2D eigenvalue weighted by Gasteiger charge is 2.18. The van der Waals surface area contributed by atoms with Gasteiger partial charge in [-0.15, -0.1) is 0 Å². The zero-order chi connectivity index (χ0) is 15.0. The van der Waals surface area contributed by atoms with Gasteiger partial charge in [-0.2, -0.15) is 0 Å². The highest BCUT2D eigenvalue weighted by atomic mass is 16.3. The molecule has 112 valence electrons. The fourth-order valence-electron chi connectivity index (χ4n) is 2.95. The van der Waals surface area contributed by atoms with Gasteiger partial charge >= 0.3 is 0 Å². The number of hydrogen-bond donors (Lipinski definition) is 3. The Balaban J connectivity index is 1.88. The Hall–Kier alpha value is -1.81. The van der Waals surface area contributed by atoms with Crippen LogP contribution in [0, 0.1) is 0 Å². The Labute approximate surface area is 124 Å². The third-order valence-electron chi connectivity index (χ3n) is 4.04. The van der Waals surface area contributed by atoms with Crippen LogP contribution in [0.1, 0.15) is 48.3 Å². The monoisotopic (exact) mass is 286 g/mol. The molecule has 4 heteroatoms. The lowest BCUT2D eigenvalue weighted by Gasteiger charge is -2.17. The molecule has 1 amide bonds. The molecule has 0 fully saturated rings. The van der Waals surface area contributed by atoms with Gasteiger partial charge in [-0.25, -0.2) is 0 Å². The maximum atomic E-state index is 12.2. The number of carbonyl (C=O) groups is 1. The molecule has 0 radical (unpaired) electrons. The van der Waals surface area contributed by atoms with E-state index in [-0.39, 0.29) is 12.5 Å². The zero-order valence-electron chi connectivity index (χ0n) is 12.6. The van der Waals surface area contributed by atoms with Gasteiger partial charge in [0.15, 0.2) is 0 Å². The van der Waals surface area contributed by atoms with Crippen molar-refractivity contribution in [2.45, 2.75) is 45.1 Å². The Morgan fingerprint density at radius 1 is 1.33 bits per heavy atom. The van der Waals surface area contributed by atoms with E-state index in [9.17, 15) is 9.90 Å². The lowest BCUT2D eigenvalue weighted by molar-refractivity contribution is 0.0694. The molecule has 0 unspecified atom stereocenters. The minimum absolute atomic E-state index is 0.134. The predicted molar refractivity (Wildman–Crippen MR) is 83.6 cm³/mol. The summed E-state index contributed by atoms with van der Waals surface area (Å²) in [6.07, 6.45) is 4.64. The molecular formula is C17H22N2O2. The maximum absolute atomic E-state index is 12.2. The van der Waals surface area contributed by atoms with Crippen LogP contribution in [0.15, 0.2) is 18.2 Å². The van der Waals surface area contributed by atoms with Crippen LogP contribution in [0.4, 0.5) is 0 Å². The molecule has 1 aromatic carbocycles. The SMILES string of the molecule is CC(C)(O)CNC(=O)c1ccc2[nH]c3c(c2c1)CCCC3. The normalized spacial score (nSPS) is 15.0. The molecule has 1 heterocycles. The van der Waals surface area contributed by atoms with Crippen molar-refractivity contribution in [3.8, 4) is 0 Å². The second-order valence-corrected chi connectivity index (χ2v) is 6.54. The van der Waals surface area contributed by atoms with Crippen molar-refractivity contribution in [1.82, 2.24) is 10.3 Å². The summed E-state index contributed by atoms with van der Waals surface area (Å²) in [6.45, 7) is 3.60. The summed E-state index contributed by atoms with van der Waals surface area (Å²) in [4.78, 5) is 15.7. The largest absolute Gasteiger partial charge is 0.389 e. The maximum Gasteiger partial charge on any atom is 0.251 e. The average Bonchev–Trinajstić information content (AvgIpc) is 2.81. The smallest absolute Gasteiger partial charge is 0.251 e. The van der Waals surface area contributed by atoms with Crippen LogP contribution in [0.25, 0.3) is 10.9 Å². The van der Waals surface area contributed by atoms with Gasteiger partial charge in [-0.05, 0) is 63.3 Å². The standard InChI is InChI=1S/C17H22N2O2/c1-17(2,21)10-18-16(20)11-7-8-15-13(9-11)12-5-3-4-6-14(12)19-15/h7-9,19,21H,3-6,10H2,1-2H3,(H,18,20). The quantitative estimate of drug-likeness (QED) is 0.812. The van der Waals surface area contributed by atoms with E-state index in [4.69, 9.17) is 0 Å². The molecule has 2 aromatic rings. The van der Waals surface area contributed by atoms with Crippen molar-refractivity contribution in [1.29, 1.82) is 0 Å². The number of H-pyrrole nitrogens is 1. The molecule has 0 saturated heterocycles. The molecule has 1 aromatic heterocycles. The highest BCUT2D eigenvalue weighted by Crippen LogP contribution is 2.29. The number of aliphatic hydroxyl groups is 1. The summed E-state index contributed by atoms with van der Waals surface area (Å²) in [7, 11) is 0. The Morgan fingerprint density at radius 2 is 2.10 bits per heavy atom. The van der Waals surface area contributed by atoms with E-state index in [0.29, 0.717) is 5.56 Å². The number of rotatable bonds is 3. The zero-order valence-corrected chi connectivity index (χ0v) is 12.6. The fourth-order valence-corrected chi connectivity index (χ4v) is 2.95. The van der Waals surface area contributed by atoms with Gasteiger partial charge < -0.3 is 15.4 Å². The van der Waals surface area contributed by atoms with E-state index in [0.717, 1.165) is 18.4 Å². The van der Waals surface area contributed by atoms with E-state index >= 15 is 0 Å². The van der Waals surface area contributed by atoms with Crippen molar-refractivity contribution in [3.63, 3.8) is 0 Å². The van der Waals surface area contributed by atoms with E-state index in [1.807, 2.05) is 18.2 Å². The summed E-state index contributed by atoms with van der Waals surface area (Å²) >= 11 is 0. The van der Waals surface area contributed by atoms with Crippen LogP contribution in [0.2, 0.25) is 0 Å². The molecule has 0 saturated carbocycles. The number of nitrogens with one attached hydrogen (secondary N) is 2. The first-order valence-electron chi connectivity index (χ1n) is 7.58. The second kappa shape index (κ2) is 5.19. The first kappa shape index (κ1) is 14.1. The lowest BCUT2D eigenvalue weighted by Crippen LogP contribution is -2.38. The molecule has 1 aliphatic rings. The number of hydrogen-bond acceptors (Lipinski definition) is 2. The number of carbonyl (C=O) groups excluding carboxylic acids is 1. The summed E-state index contributed by atoms with van der Waals surface area (Å²) in [5, 5.41) is 13.6. The first-order chi connectivity index (χ1) is 9.94. The van der Waals surface area contributed by atoms with Gasteiger partial charge in [0.1, 0.15) is 0 Å². The number of aromatic nitrogens is 1. The molecule has 0 atom stereocenters. The summed E-state index contributed by atoms with van der Waals surface area (Å²) in [5.41, 5.74) is 3.56. The van der Waals surface area contributed by atoms with Crippen molar-refractivity contribution in [3.05, 3.63) is 35.0 Å². The summed E-state index contributed by atoms with van der Waals surface area (Å²) < 4.78 is 0. The van der Waals surface area contributed by atoms with E-state index in [1.165, 1.54) is 29.5 Å². The minimum Gasteiger partial charge on any atom is -0.389 e. The van der Waals surface area contributed by atoms with E-state index < -0.39 is 5.60 Å². The number of amides is 1. The molecule has 4 nitrogen and oxygen atoms in total. The van der Waals surface area contributed by atoms with Crippen molar-refractivity contribution < 1.29 is 9.90 Å². The highest BCUT2D eigenvalue weighted by molar-refractivity contribution is 5.99. The number of aromatic amines is 1. The van der Waals surface area contributed by atoms with Gasteiger partial charge in [-0.3, -0.25) is 4.79 Å². The Morgan fingerprint density at radius 3 is 2.86 bits per heavy atom. The third kappa shape index (κ3) is 2.95. The van der Waals surface area contributed by atoms with Crippen LogP contribution in [-0.2, 0) is 12.8 Å². The molecule has 0 aliphatic heterocycles. The molecule has 3 N–H and O–H groups in total. The third-order valence-corrected chi connectivity index (χ3v) is 4.04. The lowest BCUT2D eigenvalue weighted by atomic mass is 9.95. The average molecular weight is 286 g/mol. The van der Waals surface area contributed by atoms with Crippen molar-refractivity contribution >= 4 is 16.8 Å². The van der Waals surface area contributed by atoms with Crippen LogP contribution in [0.3, 0.4) is 0 Å². The number of fused-ring (bicyclic) bond motifs is 3. The second-order valence-electron chi connectivity index (χ2n) is 6.54. The molecule has 21 heavy (non-hydrogen) atoms. The van der Waals surface area contributed by atoms with E-state index in [1.54, 1.807) is 13.8 Å². The number of aryl methyl sites for hydroxylation is 2. The van der Waals surface area contributed by atoms with E-state index in [2.05, 4.69) is 10.3 Å². The molecule has 0 bridgehead atoms. The van der Waals surface area contributed by atoms with Gasteiger partial charge in [0.25, 0.3) is 5.91 Å². The van der Waals surface area contributed by atoms with Crippen LogP contribution < -0.4 is 5.32 Å². The topological polar surface area (TPSA) is 65.1 Å². The summed E-state index contributed by atoms with van der Waals surface area (Å²) in [5.74, 6) is -0.134. The minimum atomic E-state index is -0.896. The van der Waals surface area contributed by atoms with Gasteiger partial charge in [0, 0.05) is 28.7 Å². The molecule has 1 aliphatic carbocycles. The van der Waals surface area contributed by atoms with Gasteiger partial charge in [-0.1, -0.05) is 0 Å². The van der Waals surface area contributed by atoms with Gasteiger partial charge in [0.05, 0.1) is 5.60 Å². The number of benzene rings is 1.